The fraction of sp³-hybridized carbons (Fsp3) is 0.364. The first-order chi connectivity index (χ1) is 14.7. The van der Waals surface area contributed by atoms with Crippen LogP contribution in [-0.4, -0.2) is 49.9 Å². The SMILES string of the molecule is CCOC(=O)C1CCN(Cn2nc(-c3cccnc3)n(-c3ccccc3)c2=S)CC1. The number of piperidine rings is 1. The summed E-state index contributed by atoms with van der Waals surface area (Å²) in [5.74, 6) is 0.670. The van der Waals surface area contributed by atoms with Crippen molar-refractivity contribution >= 4 is 18.2 Å². The molecule has 7 nitrogen and oxygen atoms in total. The molecule has 4 rings (SSSR count). The second-order valence-electron chi connectivity index (χ2n) is 7.30. The van der Waals surface area contributed by atoms with Crippen molar-refractivity contribution in [2.24, 2.45) is 5.92 Å². The van der Waals surface area contributed by atoms with Gasteiger partial charge in [-0.25, -0.2) is 4.68 Å². The van der Waals surface area contributed by atoms with E-state index in [1.54, 1.807) is 12.4 Å². The van der Waals surface area contributed by atoms with E-state index in [1.165, 1.54) is 0 Å². The van der Waals surface area contributed by atoms with Crippen LogP contribution in [0.5, 0.6) is 0 Å². The van der Waals surface area contributed by atoms with Gasteiger partial charge < -0.3 is 4.74 Å². The van der Waals surface area contributed by atoms with E-state index in [0.717, 1.165) is 43.0 Å². The van der Waals surface area contributed by atoms with Gasteiger partial charge in [-0.15, -0.1) is 5.10 Å². The number of aromatic nitrogens is 4. The lowest BCUT2D eigenvalue weighted by Gasteiger charge is -2.30. The number of carbonyl (C=O) groups excluding carboxylic acids is 1. The van der Waals surface area contributed by atoms with Crippen LogP contribution in [0, 0.1) is 10.7 Å². The van der Waals surface area contributed by atoms with Crippen LogP contribution in [0.2, 0.25) is 0 Å². The van der Waals surface area contributed by atoms with Crippen molar-refractivity contribution in [3.8, 4) is 17.1 Å². The zero-order chi connectivity index (χ0) is 20.9. The molecule has 1 fully saturated rings. The number of hydrogen-bond donors (Lipinski definition) is 0. The van der Waals surface area contributed by atoms with Crippen LogP contribution in [0.3, 0.4) is 0 Å². The van der Waals surface area contributed by atoms with Crippen LogP contribution in [0.25, 0.3) is 17.1 Å². The van der Waals surface area contributed by atoms with Crippen molar-refractivity contribution in [2.75, 3.05) is 19.7 Å². The number of ether oxygens (including phenoxy) is 1. The summed E-state index contributed by atoms with van der Waals surface area (Å²) in [4.78, 5) is 18.5. The number of likely N-dealkylation sites (tertiary alicyclic amines) is 1. The molecule has 0 bridgehead atoms. The molecule has 3 heterocycles. The van der Waals surface area contributed by atoms with Crippen LogP contribution in [0.4, 0.5) is 0 Å². The largest absolute Gasteiger partial charge is 0.466 e. The van der Waals surface area contributed by atoms with E-state index in [9.17, 15) is 4.79 Å². The Hall–Kier alpha value is -2.84. The summed E-state index contributed by atoms with van der Waals surface area (Å²) in [6.45, 7) is 4.48. The van der Waals surface area contributed by atoms with E-state index < -0.39 is 0 Å². The monoisotopic (exact) mass is 423 g/mol. The minimum Gasteiger partial charge on any atom is -0.466 e. The Balaban J connectivity index is 1.59. The highest BCUT2D eigenvalue weighted by Crippen LogP contribution is 2.23. The molecule has 0 radical (unpaired) electrons. The highest BCUT2D eigenvalue weighted by molar-refractivity contribution is 7.71. The van der Waals surface area contributed by atoms with Gasteiger partial charge in [-0.3, -0.25) is 19.2 Å². The lowest BCUT2D eigenvalue weighted by Crippen LogP contribution is -2.38. The molecule has 1 aromatic carbocycles. The first-order valence-electron chi connectivity index (χ1n) is 10.2. The molecular formula is C22H25N5O2S. The zero-order valence-corrected chi connectivity index (χ0v) is 17.8. The van der Waals surface area contributed by atoms with Crippen molar-refractivity contribution in [1.29, 1.82) is 0 Å². The molecule has 30 heavy (non-hydrogen) atoms. The van der Waals surface area contributed by atoms with Gasteiger partial charge in [0.2, 0.25) is 4.77 Å². The van der Waals surface area contributed by atoms with Crippen molar-refractivity contribution in [3.63, 3.8) is 0 Å². The lowest BCUT2D eigenvalue weighted by atomic mass is 9.97. The molecule has 0 atom stereocenters. The first-order valence-corrected chi connectivity index (χ1v) is 10.6. The highest BCUT2D eigenvalue weighted by Gasteiger charge is 2.26. The van der Waals surface area contributed by atoms with Crippen molar-refractivity contribution in [3.05, 3.63) is 59.6 Å². The Bertz CT molecular complexity index is 1040. The van der Waals surface area contributed by atoms with Gasteiger partial charge in [-0.05, 0) is 56.2 Å². The first kappa shape index (κ1) is 20.4. The lowest BCUT2D eigenvalue weighted by molar-refractivity contribution is -0.149. The van der Waals surface area contributed by atoms with Crippen LogP contribution >= 0.6 is 12.2 Å². The second kappa shape index (κ2) is 9.32. The van der Waals surface area contributed by atoms with Gasteiger partial charge >= 0.3 is 5.97 Å². The smallest absolute Gasteiger partial charge is 0.309 e. The van der Waals surface area contributed by atoms with Crippen molar-refractivity contribution < 1.29 is 9.53 Å². The maximum absolute atomic E-state index is 12.0. The van der Waals surface area contributed by atoms with E-state index >= 15 is 0 Å². The van der Waals surface area contributed by atoms with E-state index in [2.05, 4.69) is 9.88 Å². The van der Waals surface area contributed by atoms with Gasteiger partial charge in [-0.2, -0.15) is 0 Å². The number of rotatable bonds is 6. The van der Waals surface area contributed by atoms with Crippen molar-refractivity contribution in [1.82, 2.24) is 24.2 Å². The molecular weight excluding hydrogens is 398 g/mol. The van der Waals surface area contributed by atoms with Gasteiger partial charge in [0.15, 0.2) is 5.82 Å². The minimum atomic E-state index is -0.0824. The summed E-state index contributed by atoms with van der Waals surface area (Å²) in [6.07, 6.45) is 5.13. The van der Waals surface area contributed by atoms with Crippen molar-refractivity contribution in [2.45, 2.75) is 26.4 Å². The standard InChI is InChI=1S/C22H25N5O2S/c1-2-29-21(28)17-10-13-25(14-11-17)16-26-22(30)27(19-8-4-3-5-9-19)20(24-26)18-7-6-12-23-15-18/h3-9,12,15,17H,2,10-11,13-14,16H2,1H3. The average Bonchev–Trinajstić information content (AvgIpc) is 3.11. The molecule has 0 aliphatic carbocycles. The van der Waals surface area contributed by atoms with E-state index in [1.807, 2.05) is 58.6 Å². The zero-order valence-electron chi connectivity index (χ0n) is 17.0. The molecule has 8 heteroatoms. The van der Waals surface area contributed by atoms with Gasteiger partial charge in [0, 0.05) is 36.7 Å². The average molecular weight is 424 g/mol. The van der Waals surface area contributed by atoms with E-state index in [-0.39, 0.29) is 11.9 Å². The minimum absolute atomic E-state index is 0.0120. The summed E-state index contributed by atoms with van der Waals surface area (Å²) in [6, 6.07) is 13.9. The molecule has 0 N–H and O–H groups in total. The summed E-state index contributed by atoms with van der Waals surface area (Å²) in [5, 5.41) is 4.84. The molecule has 156 valence electrons. The fourth-order valence-corrected chi connectivity index (χ4v) is 4.04. The number of esters is 1. The van der Waals surface area contributed by atoms with Crippen LogP contribution < -0.4 is 0 Å². The quantitative estimate of drug-likeness (QED) is 0.445. The molecule has 1 aliphatic rings. The summed E-state index contributed by atoms with van der Waals surface area (Å²) < 4.78 is 9.64. The molecule has 2 aromatic heterocycles. The maximum Gasteiger partial charge on any atom is 0.309 e. The van der Waals surface area contributed by atoms with Crippen LogP contribution in [0.15, 0.2) is 54.9 Å². The molecule has 0 unspecified atom stereocenters. The number of hydrogen-bond acceptors (Lipinski definition) is 6. The summed E-state index contributed by atoms with van der Waals surface area (Å²) in [5.41, 5.74) is 1.88. The predicted octanol–water partition coefficient (Wildman–Crippen LogP) is 3.70. The van der Waals surface area contributed by atoms with Gasteiger partial charge in [0.25, 0.3) is 0 Å². The second-order valence-corrected chi connectivity index (χ2v) is 7.67. The number of benzene rings is 1. The van der Waals surface area contributed by atoms with Crippen LogP contribution in [-0.2, 0) is 16.2 Å². The number of carbonyl (C=O) groups is 1. The Kier molecular flexibility index (Phi) is 6.35. The molecule has 1 saturated heterocycles. The van der Waals surface area contributed by atoms with E-state index in [0.29, 0.717) is 18.0 Å². The Labute approximate surface area is 180 Å². The third kappa shape index (κ3) is 4.34. The molecule has 0 saturated carbocycles. The third-order valence-corrected chi connectivity index (χ3v) is 5.71. The molecule has 0 amide bonds. The normalized spacial score (nSPS) is 15.2. The topological polar surface area (TPSA) is 65.2 Å². The summed E-state index contributed by atoms with van der Waals surface area (Å²) >= 11 is 5.80. The Morgan fingerprint density at radius 2 is 1.93 bits per heavy atom. The number of pyridine rings is 1. The highest BCUT2D eigenvalue weighted by atomic mass is 32.1. The Morgan fingerprint density at radius 1 is 1.17 bits per heavy atom. The number of nitrogens with zero attached hydrogens (tertiary/aromatic N) is 5. The third-order valence-electron chi connectivity index (χ3n) is 5.31. The van der Waals surface area contributed by atoms with E-state index in [4.69, 9.17) is 22.1 Å². The molecule has 1 aliphatic heterocycles. The predicted molar refractivity (Wildman–Crippen MR) is 117 cm³/mol. The number of para-hydroxylation sites is 1. The van der Waals surface area contributed by atoms with Gasteiger partial charge in [0.1, 0.15) is 0 Å². The molecule has 3 aromatic rings. The van der Waals surface area contributed by atoms with Crippen LogP contribution in [0.1, 0.15) is 19.8 Å². The summed E-state index contributed by atoms with van der Waals surface area (Å²) in [7, 11) is 0. The van der Waals surface area contributed by atoms with Gasteiger partial charge in [-0.1, -0.05) is 18.2 Å². The fourth-order valence-electron chi connectivity index (χ4n) is 3.75. The Morgan fingerprint density at radius 3 is 2.60 bits per heavy atom. The van der Waals surface area contributed by atoms with Gasteiger partial charge in [0.05, 0.1) is 19.2 Å². The maximum atomic E-state index is 12.0. The molecule has 0 spiro atoms.